The summed E-state index contributed by atoms with van der Waals surface area (Å²) in [4.78, 5) is 28.4. The van der Waals surface area contributed by atoms with E-state index in [1.807, 2.05) is 59.5 Å². The molecule has 4 rings (SSSR count). The van der Waals surface area contributed by atoms with Crippen LogP contribution in [0.2, 0.25) is 0 Å². The summed E-state index contributed by atoms with van der Waals surface area (Å²) >= 11 is 0. The van der Waals surface area contributed by atoms with Crippen LogP contribution in [0.15, 0.2) is 54.6 Å². The molecule has 6 heteroatoms. The second kappa shape index (κ2) is 8.33. The van der Waals surface area contributed by atoms with Gasteiger partial charge in [-0.3, -0.25) is 10.1 Å². The molecule has 28 heavy (non-hydrogen) atoms. The van der Waals surface area contributed by atoms with E-state index in [9.17, 15) is 9.59 Å². The minimum atomic E-state index is -0.469. The van der Waals surface area contributed by atoms with E-state index in [4.69, 9.17) is 4.74 Å². The molecule has 1 aliphatic heterocycles. The fraction of sp³-hybridized carbons (Fsp3) is 0.364. The molecule has 6 nitrogen and oxygen atoms in total. The topological polar surface area (TPSA) is 61.9 Å². The van der Waals surface area contributed by atoms with Gasteiger partial charge in [-0.1, -0.05) is 30.3 Å². The number of amides is 2. The maximum Gasteiger partial charge on any atom is 0.411 e. The molecule has 1 saturated carbocycles. The van der Waals surface area contributed by atoms with Gasteiger partial charge in [0.25, 0.3) is 0 Å². The zero-order valence-corrected chi connectivity index (χ0v) is 15.8. The Morgan fingerprint density at radius 3 is 2.25 bits per heavy atom. The minimum absolute atomic E-state index is 0.245. The van der Waals surface area contributed by atoms with E-state index in [1.165, 1.54) is 0 Å². The van der Waals surface area contributed by atoms with Crippen LogP contribution in [0.25, 0.3) is 0 Å². The van der Waals surface area contributed by atoms with Gasteiger partial charge in [-0.25, -0.2) is 4.79 Å². The zero-order valence-electron chi connectivity index (χ0n) is 15.8. The average Bonchev–Trinajstić information content (AvgIpc) is 3.59. The number of anilines is 2. The first-order valence-electron chi connectivity index (χ1n) is 9.80. The van der Waals surface area contributed by atoms with E-state index in [2.05, 4.69) is 10.2 Å². The van der Waals surface area contributed by atoms with Crippen LogP contribution in [-0.2, 0) is 16.1 Å². The molecular weight excluding hydrogens is 354 g/mol. The minimum Gasteiger partial charge on any atom is -0.444 e. The van der Waals surface area contributed by atoms with E-state index in [0.717, 1.165) is 50.3 Å². The highest BCUT2D eigenvalue weighted by atomic mass is 16.5. The van der Waals surface area contributed by atoms with Crippen LogP contribution < -0.4 is 10.2 Å². The van der Waals surface area contributed by atoms with Crippen LogP contribution in [0.3, 0.4) is 0 Å². The Kier molecular flexibility index (Phi) is 5.46. The molecule has 0 atom stereocenters. The van der Waals surface area contributed by atoms with Gasteiger partial charge in [-0.2, -0.15) is 0 Å². The maximum atomic E-state index is 12.2. The molecule has 1 heterocycles. The number of rotatable bonds is 5. The van der Waals surface area contributed by atoms with Crippen molar-refractivity contribution < 1.29 is 14.3 Å². The van der Waals surface area contributed by atoms with Crippen LogP contribution >= 0.6 is 0 Å². The Morgan fingerprint density at radius 1 is 0.929 bits per heavy atom. The van der Waals surface area contributed by atoms with E-state index in [1.54, 1.807) is 0 Å². The summed E-state index contributed by atoms with van der Waals surface area (Å²) in [5.74, 6) is 0.617. The SMILES string of the molecule is O=C(Nc1ccc(N2CCN(C(=O)C3CC3)CC2)cc1)OCc1ccccc1. The molecule has 0 unspecified atom stereocenters. The van der Waals surface area contributed by atoms with Gasteiger partial charge in [0.15, 0.2) is 0 Å². The third kappa shape index (κ3) is 4.63. The molecule has 2 amide bonds. The summed E-state index contributed by atoms with van der Waals surface area (Å²) in [7, 11) is 0. The highest BCUT2D eigenvalue weighted by molar-refractivity contribution is 5.85. The quantitative estimate of drug-likeness (QED) is 0.864. The number of nitrogens with zero attached hydrogens (tertiary/aromatic N) is 2. The van der Waals surface area contributed by atoms with Crippen LogP contribution in [-0.4, -0.2) is 43.1 Å². The number of piperazine rings is 1. The van der Waals surface area contributed by atoms with E-state index < -0.39 is 6.09 Å². The van der Waals surface area contributed by atoms with E-state index in [-0.39, 0.29) is 6.61 Å². The normalized spacial score (nSPS) is 16.6. The van der Waals surface area contributed by atoms with Gasteiger partial charge in [-0.05, 0) is 42.7 Å². The molecule has 2 aliphatic rings. The Bertz CT molecular complexity index is 811. The number of ether oxygens (including phenoxy) is 1. The molecule has 2 aromatic carbocycles. The lowest BCUT2D eigenvalue weighted by Gasteiger charge is -2.36. The summed E-state index contributed by atoms with van der Waals surface area (Å²) < 4.78 is 5.24. The fourth-order valence-corrected chi connectivity index (χ4v) is 3.41. The monoisotopic (exact) mass is 379 g/mol. The van der Waals surface area contributed by atoms with E-state index in [0.29, 0.717) is 17.5 Å². The molecule has 0 bridgehead atoms. The summed E-state index contributed by atoms with van der Waals surface area (Å²) in [6.07, 6.45) is 1.64. The van der Waals surface area contributed by atoms with Crippen molar-refractivity contribution in [3.8, 4) is 0 Å². The van der Waals surface area contributed by atoms with Crippen LogP contribution in [0.4, 0.5) is 16.2 Å². The predicted octanol–water partition coefficient (Wildman–Crippen LogP) is 3.49. The highest BCUT2D eigenvalue weighted by Gasteiger charge is 2.34. The highest BCUT2D eigenvalue weighted by Crippen LogP contribution is 2.31. The van der Waals surface area contributed by atoms with Crippen molar-refractivity contribution in [1.82, 2.24) is 4.90 Å². The van der Waals surface area contributed by atoms with Gasteiger partial charge < -0.3 is 14.5 Å². The fourth-order valence-electron chi connectivity index (χ4n) is 3.41. The third-order valence-electron chi connectivity index (χ3n) is 5.21. The standard InChI is InChI=1S/C22H25N3O3/c26-21(18-6-7-18)25-14-12-24(13-15-25)20-10-8-19(9-11-20)23-22(27)28-16-17-4-2-1-3-5-17/h1-5,8-11,18H,6-7,12-16H2,(H,23,27). The van der Waals surface area contributed by atoms with Gasteiger partial charge >= 0.3 is 6.09 Å². The van der Waals surface area contributed by atoms with Crippen molar-refractivity contribution in [2.45, 2.75) is 19.4 Å². The second-order valence-corrected chi connectivity index (χ2v) is 7.32. The van der Waals surface area contributed by atoms with Gasteiger partial charge in [0, 0.05) is 43.5 Å². The van der Waals surface area contributed by atoms with Gasteiger partial charge in [0.1, 0.15) is 6.61 Å². The van der Waals surface area contributed by atoms with Crippen LogP contribution in [0.1, 0.15) is 18.4 Å². The summed E-state index contributed by atoms with van der Waals surface area (Å²) in [5, 5.41) is 2.75. The Labute approximate surface area is 165 Å². The number of hydrogen-bond acceptors (Lipinski definition) is 4. The number of hydrogen-bond donors (Lipinski definition) is 1. The Morgan fingerprint density at radius 2 is 1.61 bits per heavy atom. The van der Waals surface area contributed by atoms with Gasteiger partial charge in [0.05, 0.1) is 0 Å². The average molecular weight is 379 g/mol. The molecule has 1 saturated heterocycles. The van der Waals surface area contributed by atoms with Crippen molar-refractivity contribution in [3.05, 3.63) is 60.2 Å². The van der Waals surface area contributed by atoms with Gasteiger partial charge in [-0.15, -0.1) is 0 Å². The molecule has 1 aliphatic carbocycles. The van der Waals surface area contributed by atoms with E-state index >= 15 is 0 Å². The largest absolute Gasteiger partial charge is 0.444 e. The maximum absolute atomic E-state index is 12.2. The summed E-state index contributed by atoms with van der Waals surface area (Å²) in [6, 6.07) is 17.3. The smallest absolute Gasteiger partial charge is 0.411 e. The molecular formula is C22H25N3O3. The van der Waals surface area contributed by atoms with Crippen LogP contribution in [0, 0.1) is 5.92 Å². The van der Waals surface area contributed by atoms with Gasteiger partial charge in [0.2, 0.25) is 5.91 Å². The molecule has 0 spiro atoms. The zero-order chi connectivity index (χ0) is 19.3. The molecule has 146 valence electrons. The van der Waals surface area contributed by atoms with Crippen molar-refractivity contribution >= 4 is 23.4 Å². The number of benzene rings is 2. The lowest BCUT2D eigenvalue weighted by molar-refractivity contribution is -0.132. The lowest BCUT2D eigenvalue weighted by Crippen LogP contribution is -2.49. The molecule has 1 N–H and O–H groups in total. The molecule has 0 aromatic heterocycles. The van der Waals surface area contributed by atoms with Crippen molar-refractivity contribution in [3.63, 3.8) is 0 Å². The molecule has 2 fully saturated rings. The second-order valence-electron chi connectivity index (χ2n) is 7.32. The first-order valence-corrected chi connectivity index (χ1v) is 9.80. The molecule has 0 radical (unpaired) electrons. The number of carbonyl (C=O) groups excluding carboxylic acids is 2. The van der Waals surface area contributed by atoms with Crippen LogP contribution in [0.5, 0.6) is 0 Å². The summed E-state index contributed by atoms with van der Waals surface area (Å²) in [6.45, 7) is 3.48. The predicted molar refractivity (Wildman–Crippen MR) is 108 cm³/mol. The Hall–Kier alpha value is -3.02. The third-order valence-corrected chi connectivity index (χ3v) is 5.21. The first-order chi connectivity index (χ1) is 13.7. The van der Waals surface area contributed by atoms with Crippen molar-refractivity contribution in [2.75, 3.05) is 36.4 Å². The Balaban J connectivity index is 1.24. The number of nitrogens with one attached hydrogen (secondary N) is 1. The molecule has 2 aromatic rings. The van der Waals surface area contributed by atoms with Crippen molar-refractivity contribution in [2.24, 2.45) is 5.92 Å². The first kappa shape index (κ1) is 18.3. The number of carbonyl (C=O) groups is 2. The lowest BCUT2D eigenvalue weighted by atomic mass is 10.2. The van der Waals surface area contributed by atoms with Crippen molar-refractivity contribution in [1.29, 1.82) is 0 Å². The summed E-state index contributed by atoms with van der Waals surface area (Å²) in [5.41, 5.74) is 2.75.